The highest BCUT2D eigenvalue weighted by atomic mass is 16.5. The van der Waals surface area contributed by atoms with E-state index in [-0.39, 0.29) is 0 Å². The van der Waals surface area contributed by atoms with Crippen molar-refractivity contribution in [2.45, 2.75) is 27.3 Å². The Bertz CT molecular complexity index is 535. The molecule has 0 saturated carbocycles. The van der Waals surface area contributed by atoms with E-state index in [4.69, 9.17) is 4.74 Å². The number of aromatic nitrogens is 1. The zero-order valence-electron chi connectivity index (χ0n) is 11.7. The molecule has 3 heteroatoms. The summed E-state index contributed by atoms with van der Waals surface area (Å²) in [6.07, 6.45) is 1.90. The van der Waals surface area contributed by atoms with Gasteiger partial charge in [-0.2, -0.15) is 0 Å². The van der Waals surface area contributed by atoms with Gasteiger partial charge in [-0.15, -0.1) is 0 Å². The van der Waals surface area contributed by atoms with E-state index in [1.54, 1.807) is 0 Å². The Morgan fingerprint density at radius 2 is 2.00 bits per heavy atom. The van der Waals surface area contributed by atoms with Gasteiger partial charge in [-0.3, -0.25) is 4.98 Å². The zero-order chi connectivity index (χ0) is 13.7. The predicted octanol–water partition coefficient (Wildman–Crippen LogP) is 3.71. The van der Waals surface area contributed by atoms with Gasteiger partial charge in [0.2, 0.25) is 0 Å². The van der Waals surface area contributed by atoms with Crippen LogP contribution < -0.4 is 10.1 Å². The maximum Gasteiger partial charge on any atom is 0.142 e. The number of hydrogen-bond acceptors (Lipinski definition) is 3. The van der Waals surface area contributed by atoms with Crippen molar-refractivity contribution in [3.05, 3.63) is 53.3 Å². The standard InChI is InChI=1S/C16H20N2O/c1-4-19-16-9-12(2)5-8-15(16)18-11-14-7-6-13(3)17-10-14/h5-10,18H,4,11H2,1-3H3. The first-order chi connectivity index (χ1) is 9.19. The molecule has 0 amide bonds. The minimum atomic E-state index is 0.671. The summed E-state index contributed by atoms with van der Waals surface area (Å²) in [5.41, 5.74) is 4.42. The van der Waals surface area contributed by atoms with Crippen molar-refractivity contribution in [1.29, 1.82) is 0 Å². The lowest BCUT2D eigenvalue weighted by Gasteiger charge is -2.13. The highest BCUT2D eigenvalue weighted by molar-refractivity contribution is 5.57. The number of hydrogen-bond donors (Lipinski definition) is 1. The Labute approximate surface area is 114 Å². The maximum absolute atomic E-state index is 5.65. The van der Waals surface area contributed by atoms with Crippen molar-refractivity contribution in [2.75, 3.05) is 11.9 Å². The van der Waals surface area contributed by atoms with E-state index in [9.17, 15) is 0 Å². The van der Waals surface area contributed by atoms with Crippen LogP contribution in [0.25, 0.3) is 0 Å². The molecule has 0 fully saturated rings. The van der Waals surface area contributed by atoms with Crippen LogP contribution in [0.2, 0.25) is 0 Å². The summed E-state index contributed by atoms with van der Waals surface area (Å²) in [4.78, 5) is 4.29. The average Bonchev–Trinajstić information content (AvgIpc) is 2.40. The number of nitrogens with zero attached hydrogens (tertiary/aromatic N) is 1. The molecule has 0 spiro atoms. The monoisotopic (exact) mass is 256 g/mol. The first-order valence-corrected chi connectivity index (χ1v) is 6.58. The van der Waals surface area contributed by atoms with Crippen molar-refractivity contribution < 1.29 is 4.74 Å². The topological polar surface area (TPSA) is 34.1 Å². The molecule has 0 saturated heterocycles. The number of anilines is 1. The van der Waals surface area contributed by atoms with Gasteiger partial charge in [-0.1, -0.05) is 12.1 Å². The molecule has 0 aliphatic carbocycles. The smallest absolute Gasteiger partial charge is 0.142 e. The van der Waals surface area contributed by atoms with Crippen molar-refractivity contribution in [3.63, 3.8) is 0 Å². The Hall–Kier alpha value is -2.03. The van der Waals surface area contributed by atoms with E-state index in [1.807, 2.05) is 26.1 Å². The lowest BCUT2D eigenvalue weighted by atomic mass is 10.2. The number of ether oxygens (including phenoxy) is 1. The van der Waals surface area contributed by atoms with E-state index in [1.165, 1.54) is 5.56 Å². The summed E-state index contributed by atoms with van der Waals surface area (Å²) in [5, 5.41) is 3.40. The van der Waals surface area contributed by atoms with Crippen LogP contribution in [0.15, 0.2) is 36.5 Å². The van der Waals surface area contributed by atoms with Crippen molar-refractivity contribution in [2.24, 2.45) is 0 Å². The van der Waals surface area contributed by atoms with Gasteiger partial charge in [0, 0.05) is 18.4 Å². The van der Waals surface area contributed by atoms with Gasteiger partial charge in [0.1, 0.15) is 5.75 Å². The fourth-order valence-corrected chi connectivity index (χ4v) is 1.85. The molecule has 100 valence electrons. The second-order valence-electron chi connectivity index (χ2n) is 4.59. The van der Waals surface area contributed by atoms with Crippen LogP contribution in [0.5, 0.6) is 5.75 Å². The zero-order valence-corrected chi connectivity index (χ0v) is 11.7. The molecule has 1 heterocycles. The number of benzene rings is 1. The minimum Gasteiger partial charge on any atom is -0.492 e. The Morgan fingerprint density at radius 1 is 1.16 bits per heavy atom. The number of aryl methyl sites for hydroxylation is 2. The van der Waals surface area contributed by atoms with Crippen LogP contribution in [0.3, 0.4) is 0 Å². The first-order valence-electron chi connectivity index (χ1n) is 6.58. The van der Waals surface area contributed by atoms with Gasteiger partial charge in [0.25, 0.3) is 0 Å². The second kappa shape index (κ2) is 6.23. The molecule has 1 aromatic heterocycles. The quantitative estimate of drug-likeness (QED) is 0.885. The van der Waals surface area contributed by atoms with Crippen LogP contribution >= 0.6 is 0 Å². The van der Waals surface area contributed by atoms with Gasteiger partial charge >= 0.3 is 0 Å². The molecule has 0 unspecified atom stereocenters. The fraction of sp³-hybridized carbons (Fsp3) is 0.312. The molecular formula is C16H20N2O. The second-order valence-corrected chi connectivity index (χ2v) is 4.59. The van der Waals surface area contributed by atoms with Crippen molar-refractivity contribution in [1.82, 2.24) is 4.98 Å². The first kappa shape index (κ1) is 13.4. The minimum absolute atomic E-state index is 0.671. The van der Waals surface area contributed by atoms with E-state index in [2.05, 4.69) is 41.5 Å². The van der Waals surface area contributed by atoms with Gasteiger partial charge in [-0.25, -0.2) is 0 Å². The van der Waals surface area contributed by atoms with Crippen molar-refractivity contribution >= 4 is 5.69 Å². The van der Waals surface area contributed by atoms with Gasteiger partial charge in [0.05, 0.1) is 12.3 Å². The largest absolute Gasteiger partial charge is 0.492 e. The van der Waals surface area contributed by atoms with Crippen LogP contribution in [-0.4, -0.2) is 11.6 Å². The molecule has 0 radical (unpaired) electrons. The Morgan fingerprint density at radius 3 is 2.68 bits per heavy atom. The van der Waals surface area contributed by atoms with Crippen LogP contribution in [0.4, 0.5) is 5.69 Å². The number of nitrogens with one attached hydrogen (secondary N) is 1. The maximum atomic E-state index is 5.65. The third kappa shape index (κ3) is 3.71. The van der Waals surface area contributed by atoms with E-state index >= 15 is 0 Å². The predicted molar refractivity (Wildman–Crippen MR) is 78.6 cm³/mol. The van der Waals surface area contributed by atoms with Crippen LogP contribution in [-0.2, 0) is 6.54 Å². The van der Waals surface area contributed by atoms with Gasteiger partial charge in [-0.05, 0) is 50.1 Å². The summed E-state index contributed by atoms with van der Waals surface area (Å²) < 4.78 is 5.65. The molecule has 19 heavy (non-hydrogen) atoms. The molecule has 0 bridgehead atoms. The van der Waals surface area contributed by atoms with E-state index < -0.39 is 0 Å². The molecule has 1 aromatic carbocycles. The Balaban J connectivity index is 2.08. The molecule has 2 aromatic rings. The number of pyridine rings is 1. The molecular weight excluding hydrogens is 236 g/mol. The molecule has 0 aliphatic rings. The van der Waals surface area contributed by atoms with E-state index in [0.29, 0.717) is 6.61 Å². The fourth-order valence-electron chi connectivity index (χ4n) is 1.85. The van der Waals surface area contributed by atoms with Gasteiger partial charge < -0.3 is 10.1 Å². The van der Waals surface area contributed by atoms with Crippen LogP contribution in [0, 0.1) is 13.8 Å². The summed E-state index contributed by atoms with van der Waals surface area (Å²) >= 11 is 0. The highest BCUT2D eigenvalue weighted by Crippen LogP contribution is 2.26. The lowest BCUT2D eigenvalue weighted by molar-refractivity contribution is 0.341. The third-order valence-electron chi connectivity index (χ3n) is 2.89. The summed E-state index contributed by atoms with van der Waals surface area (Å²) in [6.45, 7) is 7.47. The third-order valence-corrected chi connectivity index (χ3v) is 2.89. The normalized spacial score (nSPS) is 10.3. The molecule has 0 aliphatic heterocycles. The summed E-state index contributed by atoms with van der Waals surface area (Å²) in [5.74, 6) is 0.905. The molecule has 1 N–H and O–H groups in total. The van der Waals surface area contributed by atoms with Crippen LogP contribution in [0.1, 0.15) is 23.7 Å². The molecule has 3 nitrogen and oxygen atoms in total. The highest BCUT2D eigenvalue weighted by Gasteiger charge is 2.03. The number of rotatable bonds is 5. The molecule has 2 rings (SSSR count). The lowest BCUT2D eigenvalue weighted by Crippen LogP contribution is -2.03. The SMILES string of the molecule is CCOc1cc(C)ccc1NCc1ccc(C)nc1. The van der Waals surface area contributed by atoms with Crippen molar-refractivity contribution in [3.8, 4) is 5.75 Å². The summed E-state index contributed by atoms with van der Waals surface area (Å²) in [6, 6.07) is 10.3. The molecule has 0 atom stereocenters. The van der Waals surface area contributed by atoms with E-state index in [0.717, 1.165) is 29.2 Å². The Kier molecular flexibility index (Phi) is 4.39. The summed E-state index contributed by atoms with van der Waals surface area (Å²) in [7, 11) is 0. The average molecular weight is 256 g/mol. The van der Waals surface area contributed by atoms with Gasteiger partial charge in [0.15, 0.2) is 0 Å².